The predicted octanol–water partition coefficient (Wildman–Crippen LogP) is 3.71. The second-order valence-electron chi connectivity index (χ2n) is 10.1. The third-order valence-electron chi connectivity index (χ3n) is 6.32. The summed E-state index contributed by atoms with van der Waals surface area (Å²) in [5.41, 5.74) is -1.37. The molecule has 1 fully saturated rings. The Kier molecular flexibility index (Phi) is 10.2. The van der Waals surface area contributed by atoms with E-state index in [1.807, 2.05) is 32.8 Å². The minimum Gasteiger partial charge on any atom is -0.408 e. The van der Waals surface area contributed by atoms with E-state index >= 15 is 0 Å². The van der Waals surface area contributed by atoms with Gasteiger partial charge in [-0.05, 0) is 51.4 Å². The van der Waals surface area contributed by atoms with Crippen LogP contribution in [0.25, 0.3) is 0 Å². The molecule has 1 aliphatic rings. The first-order chi connectivity index (χ1) is 17.6. The number of carbonyl (C=O) groups excluding carboxylic acids is 3. The molecule has 1 aromatic carbocycles. The fourth-order valence-corrected chi connectivity index (χ4v) is 5.19. The van der Waals surface area contributed by atoms with Gasteiger partial charge in [0.05, 0.1) is 11.6 Å². The highest BCUT2D eigenvalue weighted by Gasteiger charge is 2.43. The number of benzene rings is 1. The van der Waals surface area contributed by atoms with Crippen LogP contribution in [0, 0.1) is 11.7 Å². The predicted molar refractivity (Wildman–Crippen MR) is 139 cm³/mol. The number of hydrogen-bond donors (Lipinski definition) is 2. The number of hydrogen-bond acceptors (Lipinski definition) is 8. The fraction of sp³-hybridized carbons (Fsp3) is 0.577. The van der Waals surface area contributed by atoms with Gasteiger partial charge >= 0.3 is 0 Å². The lowest BCUT2D eigenvalue weighted by Crippen LogP contribution is -2.62. The molecular weight excluding hydrogens is 497 g/mol. The van der Waals surface area contributed by atoms with Crippen molar-refractivity contribution < 1.29 is 23.2 Å². The number of nitrogens with zero attached hydrogens (tertiary/aromatic N) is 3. The van der Waals surface area contributed by atoms with Crippen LogP contribution in [0.5, 0.6) is 0 Å². The SMILES string of the molecule is CC(C)CC(NC(=O)C1(NC(=O)c2ccccc2F)CCCCC1)C(=O)c1nnc(SCCN(C)C)o1. The summed E-state index contributed by atoms with van der Waals surface area (Å²) in [5, 5.41) is 13.8. The van der Waals surface area contributed by atoms with E-state index in [-0.39, 0.29) is 17.4 Å². The topological polar surface area (TPSA) is 117 Å². The minimum atomic E-state index is -1.24. The Hall–Kier alpha value is -2.79. The number of ketones is 1. The molecule has 2 amide bonds. The van der Waals surface area contributed by atoms with E-state index in [1.165, 1.54) is 30.0 Å². The summed E-state index contributed by atoms with van der Waals surface area (Å²) < 4.78 is 19.8. The van der Waals surface area contributed by atoms with Crippen LogP contribution in [0.4, 0.5) is 4.39 Å². The second-order valence-corrected chi connectivity index (χ2v) is 11.2. The number of halogens is 1. The van der Waals surface area contributed by atoms with Crippen LogP contribution >= 0.6 is 11.8 Å². The molecule has 0 bridgehead atoms. The van der Waals surface area contributed by atoms with Crippen molar-refractivity contribution in [3.63, 3.8) is 0 Å². The maximum atomic E-state index is 14.3. The van der Waals surface area contributed by atoms with E-state index in [9.17, 15) is 18.8 Å². The summed E-state index contributed by atoms with van der Waals surface area (Å²) in [5.74, 6) is -1.60. The van der Waals surface area contributed by atoms with Gasteiger partial charge in [0.25, 0.3) is 17.0 Å². The summed E-state index contributed by atoms with van der Waals surface area (Å²) in [6, 6.07) is 4.75. The molecule has 1 aliphatic carbocycles. The maximum absolute atomic E-state index is 14.3. The van der Waals surface area contributed by atoms with Crippen LogP contribution in [0.15, 0.2) is 33.9 Å². The lowest BCUT2D eigenvalue weighted by Gasteiger charge is -2.37. The van der Waals surface area contributed by atoms with Crippen molar-refractivity contribution in [2.45, 2.75) is 69.2 Å². The quantitative estimate of drug-likeness (QED) is 0.313. The van der Waals surface area contributed by atoms with Gasteiger partial charge in [0.15, 0.2) is 0 Å². The van der Waals surface area contributed by atoms with Gasteiger partial charge < -0.3 is 20.0 Å². The molecule has 0 saturated heterocycles. The summed E-state index contributed by atoms with van der Waals surface area (Å²) >= 11 is 1.35. The number of amides is 2. The number of nitrogens with one attached hydrogen (secondary N) is 2. The lowest BCUT2D eigenvalue weighted by molar-refractivity contribution is -0.129. The van der Waals surface area contributed by atoms with Crippen LogP contribution in [0.2, 0.25) is 0 Å². The third-order valence-corrected chi connectivity index (χ3v) is 7.12. The maximum Gasteiger partial charge on any atom is 0.286 e. The van der Waals surface area contributed by atoms with Gasteiger partial charge in [0.1, 0.15) is 11.4 Å². The highest BCUT2D eigenvalue weighted by atomic mass is 32.2. The molecule has 2 aromatic rings. The Labute approximate surface area is 221 Å². The van der Waals surface area contributed by atoms with Gasteiger partial charge in [-0.25, -0.2) is 4.39 Å². The zero-order chi connectivity index (χ0) is 27.0. The summed E-state index contributed by atoms with van der Waals surface area (Å²) in [4.78, 5) is 42.0. The average molecular weight is 534 g/mol. The molecule has 2 N–H and O–H groups in total. The molecule has 202 valence electrons. The Morgan fingerprint density at radius 2 is 1.84 bits per heavy atom. The van der Waals surface area contributed by atoms with Crippen LogP contribution in [-0.4, -0.2) is 70.7 Å². The van der Waals surface area contributed by atoms with Crippen LogP contribution in [0.1, 0.15) is 73.4 Å². The molecule has 1 aromatic heterocycles. The average Bonchev–Trinajstić information content (AvgIpc) is 3.32. The molecule has 0 aliphatic heterocycles. The number of carbonyl (C=O) groups is 3. The van der Waals surface area contributed by atoms with E-state index in [1.54, 1.807) is 6.07 Å². The summed E-state index contributed by atoms with van der Waals surface area (Å²) in [6.07, 6.45) is 3.53. The van der Waals surface area contributed by atoms with Crippen molar-refractivity contribution in [2.24, 2.45) is 5.92 Å². The van der Waals surface area contributed by atoms with Gasteiger partial charge in [0.2, 0.25) is 11.7 Å². The van der Waals surface area contributed by atoms with Crippen molar-refractivity contribution in [1.82, 2.24) is 25.7 Å². The largest absolute Gasteiger partial charge is 0.408 e. The molecular formula is C26H36FN5O4S. The van der Waals surface area contributed by atoms with Gasteiger partial charge in [-0.1, -0.05) is 57.0 Å². The van der Waals surface area contributed by atoms with Gasteiger partial charge in [-0.2, -0.15) is 0 Å². The molecule has 1 heterocycles. The van der Waals surface area contributed by atoms with Crippen molar-refractivity contribution in [3.8, 4) is 0 Å². The molecule has 0 spiro atoms. The van der Waals surface area contributed by atoms with Gasteiger partial charge in [-0.3, -0.25) is 14.4 Å². The van der Waals surface area contributed by atoms with E-state index in [4.69, 9.17) is 4.42 Å². The molecule has 11 heteroatoms. The molecule has 1 saturated carbocycles. The van der Waals surface area contributed by atoms with Crippen molar-refractivity contribution in [1.29, 1.82) is 0 Å². The smallest absolute Gasteiger partial charge is 0.286 e. The first-order valence-corrected chi connectivity index (χ1v) is 13.6. The highest BCUT2D eigenvalue weighted by Crippen LogP contribution is 2.30. The summed E-state index contributed by atoms with van der Waals surface area (Å²) in [6.45, 7) is 4.70. The Balaban J connectivity index is 1.77. The van der Waals surface area contributed by atoms with E-state index in [0.717, 1.165) is 31.6 Å². The zero-order valence-corrected chi connectivity index (χ0v) is 22.7. The van der Waals surface area contributed by atoms with Crippen LogP contribution in [-0.2, 0) is 4.79 Å². The van der Waals surface area contributed by atoms with Crippen LogP contribution < -0.4 is 10.6 Å². The zero-order valence-electron chi connectivity index (χ0n) is 21.9. The van der Waals surface area contributed by atoms with Crippen LogP contribution in [0.3, 0.4) is 0 Å². The molecule has 9 nitrogen and oxygen atoms in total. The Morgan fingerprint density at radius 3 is 2.49 bits per heavy atom. The number of thioether (sulfide) groups is 1. The molecule has 37 heavy (non-hydrogen) atoms. The molecule has 1 atom stereocenters. The van der Waals surface area contributed by atoms with Crippen molar-refractivity contribution in [3.05, 3.63) is 41.5 Å². The monoisotopic (exact) mass is 533 g/mol. The number of Topliss-reactive ketones (excluding diaryl/α,β-unsaturated/α-hetero) is 1. The van der Waals surface area contributed by atoms with Gasteiger partial charge in [-0.15, -0.1) is 10.2 Å². The summed E-state index contributed by atoms with van der Waals surface area (Å²) in [7, 11) is 3.92. The second kappa shape index (κ2) is 13.1. The van der Waals surface area contributed by atoms with Crippen molar-refractivity contribution >= 4 is 29.4 Å². The Morgan fingerprint density at radius 1 is 1.14 bits per heavy atom. The number of aromatic nitrogens is 2. The first-order valence-electron chi connectivity index (χ1n) is 12.6. The standard InChI is InChI=1S/C26H36FN5O4S/c1-17(2)16-20(21(33)23-30-31-25(36-23)37-15-14-32(3)4)28-24(35)26(12-8-5-9-13-26)29-22(34)18-10-6-7-11-19(18)27/h6-7,10-11,17,20H,5,8-9,12-16H2,1-4H3,(H,28,35)(H,29,34). The Bertz CT molecular complexity index is 1080. The fourth-order valence-electron chi connectivity index (χ4n) is 4.33. The molecule has 3 rings (SSSR count). The van der Waals surface area contributed by atoms with E-state index in [2.05, 4.69) is 20.8 Å². The lowest BCUT2D eigenvalue weighted by atomic mass is 9.80. The first kappa shape index (κ1) is 28.8. The minimum absolute atomic E-state index is 0.0846. The third kappa shape index (κ3) is 7.85. The molecule has 1 unspecified atom stereocenters. The van der Waals surface area contributed by atoms with E-state index in [0.29, 0.717) is 24.5 Å². The normalized spacial score (nSPS) is 16.0. The van der Waals surface area contributed by atoms with Crippen molar-refractivity contribution in [2.75, 3.05) is 26.4 Å². The van der Waals surface area contributed by atoms with Gasteiger partial charge in [0, 0.05) is 12.3 Å². The van der Waals surface area contributed by atoms with E-state index < -0.39 is 35.0 Å². The molecule has 0 radical (unpaired) electrons. The highest BCUT2D eigenvalue weighted by molar-refractivity contribution is 7.99. The number of rotatable bonds is 12.